The van der Waals surface area contributed by atoms with Gasteiger partial charge in [0.15, 0.2) is 0 Å². The van der Waals surface area contributed by atoms with Gasteiger partial charge in [0, 0.05) is 30.2 Å². The Balaban J connectivity index is 1.68. The number of hydrogen-bond donors (Lipinski definition) is 2. The van der Waals surface area contributed by atoms with E-state index < -0.39 is 0 Å². The lowest BCUT2D eigenvalue weighted by Gasteiger charge is -2.09. The van der Waals surface area contributed by atoms with E-state index in [0.717, 1.165) is 0 Å². The van der Waals surface area contributed by atoms with Gasteiger partial charge >= 0.3 is 0 Å². The second-order valence-electron chi connectivity index (χ2n) is 5.23. The lowest BCUT2D eigenvalue weighted by Crippen LogP contribution is -2.12. The van der Waals surface area contributed by atoms with E-state index in [1.54, 1.807) is 30.5 Å². The first-order valence-corrected chi connectivity index (χ1v) is 7.51. The number of carbonyl (C=O) groups is 1. The summed E-state index contributed by atoms with van der Waals surface area (Å²) in [5.74, 6) is -0.515. The number of carbonyl (C=O) groups excluding carboxylic acids is 1. The molecule has 3 aromatic rings. The molecule has 0 saturated carbocycles. The van der Waals surface area contributed by atoms with Gasteiger partial charge in [0.2, 0.25) is 0 Å². The third-order valence-corrected chi connectivity index (χ3v) is 3.47. The number of nitrogens with zero attached hydrogens (tertiary/aromatic N) is 1. The molecule has 0 saturated heterocycles. The van der Waals surface area contributed by atoms with Crippen molar-refractivity contribution in [3.63, 3.8) is 0 Å². The minimum absolute atomic E-state index is 0.247. The van der Waals surface area contributed by atoms with Crippen LogP contribution in [-0.2, 0) is 6.54 Å². The van der Waals surface area contributed by atoms with Crippen LogP contribution in [0.25, 0.3) is 0 Å². The molecule has 3 rings (SSSR count). The van der Waals surface area contributed by atoms with Gasteiger partial charge in [-0.15, -0.1) is 0 Å². The van der Waals surface area contributed by atoms with E-state index in [1.807, 2.05) is 30.3 Å². The number of amides is 1. The Kier molecular flexibility index (Phi) is 4.81. The van der Waals surface area contributed by atoms with Crippen molar-refractivity contribution >= 4 is 17.3 Å². The fraction of sp³-hybridized carbons (Fsp3) is 0.0526. The molecule has 0 bridgehead atoms. The van der Waals surface area contributed by atoms with Crippen LogP contribution in [0.5, 0.6) is 0 Å². The number of benzene rings is 2. The third-order valence-electron chi connectivity index (χ3n) is 3.47. The standard InChI is InChI=1S/C19H16FN3O/c20-18-9-5-4-6-14(18)12-22-17-10-15(11-21-13-17)19(24)23-16-7-2-1-3-8-16/h1-11,13,22H,12H2,(H,23,24). The number of rotatable bonds is 5. The van der Waals surface area contributed by atoms with Gasteiger partial charge in [-0.2, -0.15) is 0 Å². The molecule has 120 valence electrons. The average Bonchev–Trinajstić information content (AvgIpc) is 2.62. The second-order valence-corrected chi connectivity index (χ2v) is 5.23. The van der Waals surface area contributed by atoms with Crippen LogP contribution in [0.1, 0.15) is 15.9 Å². The topological polar surface area (TPSA) is 54.0 Å². The maximum Gasteiger partial charge on any atom is 0.257 e. The highest BCUT2D eigenvalue weighted by Crippen LogP contribution is 2.14. The SMILES string of the molecule is O=C(Nc1ccccc1)c1cncc(NCc2ccccc2F)c1. The number of nitrogens with one attached hydrogen (secondary N) is 2. The number of halogens is 1. The summed E-state index contributed by atoms with van der Waals surface area (Å²) in [6, 6.07) is 17.4. The van der Waals surface area contributed by atoms with E-state index in [0.29, 0.717) is 29.0 Å². The van der Waals surface area contributed by atoms with Crippen molar-refractivity contribution in [3.8, 4) is 0 Å². The van der Waals surface area contributed by atoms with Crippen molar-refractivity contribution in [1.82, 2.24) is 4.98 Å². The van der Waals surface area contributed by atoms with Crippen LogP contribution in [-0.4, -0.2) is 10.9 Å². The fourth-order valence-corrected chi connectivity index (χ4v) is 2.22. The van der Waals surface area contributed by atoms with E-state index in [1.165, 1.54) is 12.3 Å². The van der Waals surface area contributed by atoms with Crippen molar-refractivity contribution in [2.45, 2.75) is 6.54 Å². The van der Waals surface area contributed by atoms with Gasteiger partial charge in [0.25, 0.3) is 5.91 Å². The molecule has 0 fully saturated rings. The first-order chi connectivity index (χ1) is 11.7. The summed E-state index contributed by atoms with van der Waals surface area (Å²) in [7, 11) is 0. The molecule has 2 aromatic carbocycles. The molecule has 2 N–H and O–H groups in total. The minimum Gasteiger partial charge on any atom is -0.380 e. The molecule has 0 atom stereocenters. The van der Waals surface area contributed by atoms with E-state index in [2.05, 4.69) is 15.6 Å². The van der Waals surface area contributed by atoms with Gasteiger partial charge < -0.3 is 10.6 Å². The predicted octanol–water partition coefficient (Wildman–Crippen LogP) is 4.09. The lowest BCUT2D eigenvalue weighted by molar-refractivity contribution is 0.102. The summed E-state index contributed by atoms with van der Waals surface area (Å²) in [5.41, 5.74) is 2.35. The number of hydrogen-bond acceptors (Lipinski definition) is 3. The summed E-state index contributed by atoms with van der Waals surface area (Å²) in [6.07, 6.45) is 3.09. The molecule has 1 aromatic heterocycles. The number of anilines is 2. The van der Waals surface area contributed by atoms with E-state index >= 15 is 0 Å². The van der Waals surface area contributed by atoms with Crippen LogP contribution in [0.3, 0.4) is 0 Å². The monoisotopic (exact) mass is 321 g/mol. The number of aromatic nitrogens is 1. The van der Waals surface area contributed by atoms with E-state index in [4.69, 9.17) is 0 Å². The van der Waals surface area contributed by atoms with Crippen molar-refractivity contribution in [2.75, 3.05) is 10.6 Å². The summed E-state index contributed by atoms with van der Waals surface area (Å²) in [5, 5.41) is 5.88. The molecule has 4 nitrogen and oxygen atoms in total. The number of para-hydroxylation sites is 1. The fourth-order valence-electron chi connectivity index (χ4n) is 2.22. The van der Waals surface area contributed by atoms with Gasteiger partial charge in [-0.1, -0.05) is 36.4 Å². The maximum absolute atomic E-state index is 13.6. The second kappa shape index (κ2) is 7.37. The van der Waals surface area contributed by atoms with Crippen LogP contribution in [0.2, 0.25) is 0 Å². The van der Waals surface area contributed by atoms with E-state index in [-0.39, 0.29) is 11.7 Å². The first kappa shape index (κ1) is 15.7. The Morgan fingerprint density at radius 1 is 0.958 bits per heavy atom. The highest BCUT2D eigenvalue weighted by molar-refractivity contribution is 6.04. The molecule has 5 heteroatoms. The quantitative estimate of drug-likeness (QED) is 0.744. The predicted molar refractivity (Wildman–Crippen MR) is 92.4 cm³/mol. The molecule has 0 aliphatic rings. The summed E-state index contributed by atoms with van der Waals surface area (Å²) < 4.78 is 13.6. The normalized spacial score (nSPS) is 10.2. The van der Waals surface area contributed by atoms with Crippen LogP contribution in [0, 0.1) is 5.82 Å². The third kappa shape index (κ3) is 3.95. The molecule has 1 heterocycles. The number of pyridine rings is 1. The molecule has 24 heavy (non-hydrogen) atoms. The molecular formula is C19H16FN3O. The van der Waals surface area contributed by atoms with Crippen molar-refractivity contribution in [2.24, 2.45) is 0 Å². The average molecular weight is 321 g/mol. The van der Waals surface area contributed by atoms with Crippen molar-refractivity contribution in [1.29, 1.82) is 0 Å². The van der Waals surface area contributed by atoms with E-state index in [9.17, 15) is 9.18 Å². The zero-order chi connectivity index (χ0) is 16.8. The molecule has 0 spiro atoms. The Morgan fingerprint density at radius 2 is 1.71 bits per heavy atom. The lowest BCUT2D eigenvalue weighted by atomic mass is 10.2. The van der Waals surface area contributed by atoms with Crippen LogP contribution < -0.4 is 10.6 Å². The van der Waals surface area contributed by atoms with Gasteiger partial charge in [0.05, 0.1) is 11.3 Å². The van der Waals surface area contributed by atoms with Gasteiger partial charge in [-0.3, -0.25) is 9.78 Å². The minimum atomic E-state index is -0.268. The summed E-state index contributed by atoms with van der Waals surface area (Å²) >= 11 is 0. The highest BCUT2D eigenvalue weighted by atomic mass is 19.1. The molecular weight excluding hydrogens is 305 g/mol. The smallest absolute Gasteiger partial charge is 0.257 e. The Hall–Kier alpha value is -3.21. The summed E-state index contributed by atoms with van der Waals surface area (Å²) in [6.45, 7) is 0.318. The Bertz CT molecular complexity index is 837. The van der Waals surface area contributed by atoms with Crippen molar-refractivity contribution in [3.05, 3.63) is 90.0 Å². The Morgan fingerprint density at radius 3 is 2.50 bits per heavy atom. The maximum atomic E-state index is 13.6. The molecule has 0 aliphatic carbocycles. The molecule has 1 amide bonds. The summed E-state index contributed by atoms with van der Waals surface area (Å²) in [4.78, 5) is 16.3. The molecule has 0 aliphatic heterocycles. The molecule has 0 unspecified atom stereocenters. The van der Waals surface area contributed by atoms with Gasteiger partial charge in [-0.25, -0.2) is 4.39 Å². The highest BCUT2D eigenvalue weighted by Gasteiger charge is 2.08. The van der Waals surface area contributed by atoms with Crippen LogP contribution in [0.4, 0.5) is 15.8 Å². The zero-order valence-electron chi connectivity index (χ0n) is 12.9. The zero-order valence-corrected chi connectivity index (χ0v) is 12.9. The van der Waals surface area contributed by atoms with Gasteiger partial charge in [0.1, 0.15) is 5.82 Å². The van der Waals surface area contributed by atoms with Crippen molar-refractivity contribution < 1.29 is 9.18 Å². The largest absolute Gasteiger partial charge is 0.380 e. The first-order valence-electron chi connectivity index (χ1n) is 7.51. The Labute approximate surface area is 139 Å². The van der Waals surface area contributed by atoms with Gasteiger partial charge in [-0.05, 0) is 24.3 Å². The van der Waals surface area contributed by atoms with Crippen LogP contribution in [0.15, 0.2) is 73.1 Å². The molecule has 0 radical (unpaired) electrons. The van der Waals surface area contributed by atoms with Crippen LogP contribution >= 0.6 is 0 Å².